The molecule has 2 aromatic carbocycles. The number of alkyl halides is 3. The van der Waals surface area contributed by atoms with E-state index in [-0.39, 0.29) is 23.8 Å². The van der Waals surface area contributed by atoms with E-state index < -0.39 is 27.8 Å². The van der Waals surface area contributed by atoms with Crippen molar-refractivity contribution >= 4 is 27.1 Å². The van der Waals surface area contributed by atoms with Crippen molar-refractivity contribution in [1.82, 2.24) is 9.29 Å². The average molecular weight is 525 g/mol. The van der Waals surface area contributed by atoms with Gasteiger partial charge < -0.3 is 4.74 Å². The van der Waals surface area contributed by atoms with Gasteiger partial charge in [-0.25, -0.2) is 13.4 Å². The summed E-state index contributed by atoms with van der Waals surface area (Å²) < 4.78 is 70.7. The van der Waals surface area contributed by atoms with Gasteiger partial charge >= 0.3 is 6.18 Å². The van der Waals surface area contributed by atoms with Crippen molar-refractivity contribution < 1.29 is 31.1 Å². The van der Waals surface area contributed by atoms with Gasteiger partial charge in [0.1, 0.15) is 12.4 Å². The first-order valence-corrected chi connectivity index (χ1v) is 13.3. The molecule has 1 aliphatic rings. The Balaban J connectivity index is 1.33. The van der Waals surface area contributed by atoms with Gasteiger partial charge in [-0.15, -0.1) is 11.3 Å². The number of aryl methyl sites for hydroxylation is 1. The molecule has 1 saturated heterocycles. The molecule has 1 atom stereocenters. The zero-order valence-corrected chi connectivity index (χ0v) is 20.2. The smallest absolute Gasteiger partial charge is 0.416 e. The summed E-state index contributed by atoms with van der Waals surface area (Å²) >= 11 is 1.19. The third-order valence-electron chi connectivity index (χ3n) is 5.80. The van der Waals surface area contributed by atoms with E-state index in [0.29, 0.717) is 37.1 Å². The molecule has 0 aliphatic carbocycles. The Bertz CT molecular complexity index is 1260. The largest absolute Gasteiger partial charge is 0.489 e. The molecular weight excluding hydrogens is 501 g/mol. The van der Waals surface area contributed by atoms with Crippen LogP contribution >= 0.6 is 11.3 Å². The zero-order chi connectivity index (χ0) is 25.1. The minimum atomic E-state index is -4.38. The fourth-order valence-electron chi connectivity index (χ4n) is 3.98. The van der Waals surface area contributed by atoms with Crippen molar-refractivity contribution in [2.75, 3.05) is 6.54 Å². The van der Waals surface area contributed by atoms with Crippen LogP contribution in [0.3, 0.4) is 0 Å². The number of aromatic nitrogens is 1. The summed E-state index contributed by atoms with van der Waals surface area (Å²) in [6, 6.07) is 11.2. The summed E-state index contributed by atoms with van der Waals surface area (Å²) in [5.74, 6) is 0.390. The predicted octanol–water partition coefficient (Wildman–Crippen LogP) is 5.10. The molecule has 6 nitrogen and oxygen atoms in total. The standard InChI is InChI=1S/C24H23F3N2O4S2/c25-24(26,27)19-9-6-18(7-10-19)14-33-20-4-1-3-17(13-20)8-11-22(30)21-5-2-12-29(21)35(31,32)23-15-34-16-28-23/h1,3-4,6-7,9-10,13,15-16,21H,2,5,8,11-12,14H2/t21-/m0/s1. The number of ether oxygens (including phenoxy) is 1. The van der Waals surface area contributed by atoms with E-state index in [4.69, 9.17) is 4.74 Å². The molecule has 186 valence electrons. The van der Waals surface area contributed by atoms with E-state index in [1.54, 1.807) is 18.2 Å². The number of nitrogens with zero attached hydrogens (tertiary/aromatic N) is 2. The summed E-state index contributed by atoms with van der Waals surface area (Å²) in [5.41, 5.74) is 2.18. The molecule has 4 rings (SSSR count). The Morgan fingerprint density at radius 1 is 1.14 bits per heavy atom. The molecule has 0 amide bonds. The second-order valence-corrected chi connectivity index (χ2v) is 10.8. The Morgan fingerprint density at radius 2 is 1.91 bits per heavy atom. The molecule has 35 heavy (non-hydrogen) atoms. The minimum absolute atomic E-state index is 0.0277. The molecule has 0 unspecified atom stereocenters. The van der Waals surface area contributed by atoms with Gasteiger partial charge in [-0.1, -0.05) is 24.3 Å². The lowest BCUT2D eigenvalue weighted by Crippen LogP contribution is -2.40. The zero-order valence-electron chi connectivity index (χ0n) is 18.6. The van der Waals surface area contributed by atoms with Gasteiger partial charge in [-0.2, -0.15) is 17.5 Å². The van der Waals surface area contributed by atoms with Crippen LogP contribution in [0.4, 0.5) is 13.2 Å². The molecule has 0 bridgehead atoms. The topological polar surface area (TPSA) is 76.6 Å². The van der Waals surface area contributed by atoms with E-state index in [1.165, 1.54) is 38.7 Å². The highest BCUT2D eigenvalue weighted by Crippen LogP contribution is 2.30. The average Bonchev–Trinajstić information content (AvgIpc) is 3.54. The number of thiazole rings is 1. The lowest BCUT2D eigenvalue weighted by molar-refractivity contribution is -0.137. The Morgan fingerprint density at radius 3 is 2.60 bits per heavy atom. The number of halogens is 3. The van der Waals surface area contributed by atoms with Gasteiger partial charge in [0.05, 0.1) is 17.1 Å². The maximum atomic E-state index is 12.9. The number of carbonyl (C=O) groups is 1. The third-order valence-corrected chi connectivity index (χ3v) is 8.35. The maximum absolute atomic E-state index is 12.9. The van der Waals surface area contributed by atoms with Gasteiger partial charge in [-0.3, -0.25) is 4.79 Å². The fraction of sp³-hybridized carbons (Fsp3) is 0.333. The van der Waals surface area contributed by atoms with Crippen molar-refractivity contribution in [3.63, 3.8) is 0 Å². The van der Waals surface area contributed by atoms with Gasteiger partial charge in [-0.05, 0) is 54.7 Å². The molecule has 1 fully saturated rings. The summed E-state index contributed by atoms with van der Waals surface area (Å²) in [5, 5.41) is 1.44. The van der Waals surface area contributed by atoms with E-state index in [1.807, 2.05) is 6.07 Å². The molecule has 11 heteroatoms. The van der Waals surface area contributed by atoms with Crippen LogP contribution in [0.15, 0.2) is 64.4 Å². The van der Waals surface area contributed by atoms with Crippen molar-refractivity contribution in [2.45, 2.75) is 49.5 Å². The van der Waals surface area contributed by atoms with Crippen LogP contribution in [0.1, 0.15) is 36.0 Å². The summed E-state index contributed by atoms with van der Waals surface area (Å²) in [6.45, 7) is 0.398. The van der Waals surface area contributed by atoms with Crippen molar-refractivity contribution in [3.8, 4) is 5.75 Å². The van der Waals surface area contributed by atoms with Gasteiger partial charge in [0.15, 0.2) is 10.8 Å². The summed E-state index contributed by atoms with van der Waals surface area (Å²) in [6.07, 6.45) is -2.69. The first-order valence-electron chi connectivity index (χ1n) is 11.0. The monoisotopic (exact) mass is 524 g/mol. The summed E-state index contributed by atoms with van der Waals surface area (Å²) in [4.78, 5) is 16.8. The van der Waals surface area contributed by atoms with E-state index in [0.717, 1.165) is 17.7 Å². The van der Waals surface area contributed by atoms with Crippen LogP contribution in [0, 0.1) is 0 Å². The normalized spacial score (nSPS) is 16.9. The minimum Gasteiger partial charge on any atom is -0.489 e. The number of benzene rings is 2. The number of ketones is 1. The predicted molar refractivity (Wildman–Crippen MR) is 125 cm³/mol. The number of rotatable bonds is 9. The van der Waals surface area contributed by atoms with Gasteiger partial charge in [0.25, 0.3) is 10.0 Å². The van der Waals surface area contributed by atoms with E-state index in [2.05, 4.69) is 4.98 Å². The van der Waals surface area contributed by atoms with Crippen LogP contribution < -0.4 is 4.74 Å². The Labute approximate surface area is 205 Å². The number of Topliss-reactive ketones (excluding diaryl/α,β-unsaturated/α-hetero) is 1. The van der Waals surface area contributed by atoms with Crippen LogP contribution in [0.25, 0.3) is 0 Å². The molecule has 3 aromatic rings. The highest BCUT2D eigenvalue weighted by Gasteiger charge is 2.39. The lowest BCUT2D eigenvalue weighted by atomic mass is 10.0. The number of sulfonamides is 1. The highest BCUT2D eigenvalue weighted by molar-refractivity contribution is 7.89. The van der Waals surface area contributed by atoms with Crippen molar-refractivity contribution in [1.29, 1.82) is 0 Å². The SMILES string of the molecule is O=C(CCc1cccc(OCc2ccc(C(F)(F)F)cc2)c1)[C@@H]1CCCN1S(=O)(=O)c1cscn1. The summed E-state index contributed by atoms with van der Waals surface area (Å²) in [7, 11) is -3.79. The fourth-order valence-corrected chi connectivity index (χ4v) is 6.47. The van der Waals surface area contributed by atoms with Crippen LogP contribution in [-0.2, 0) is 34.0 Å². The molecule has 0 saturated carbocycles. The highest BCUT2D eigenvalue weighted by atomic mass is 32.2. The second-order valence-electron chi connectivity index (χ2n) is 8.20. The van der Waals surface area contributed by atoms with Crippen LogP contribution in [-0.4, -0.2) is 36.1 Å². The van der Waals surface area contributed by atoms with Crippen molar-refractivity contribution in [2.24, 2.45) is 0 Å². The van der Waals surface area contributed by atoms with E-state index >= 15 is 0 Å². The molecule has 1 aliphatic heterocycles. The first-order chi connectivity index (χ1) is 16.6. The Kier molecular flexibility index (Phi) is 7.58. The van der Waals surface area contributed by atoms with Gasteiger partial charge in [0, 0.05) is 18.3 Å². The van der Waals surface area contributed by atoms with E-state index in [9.17, 15) is 26.4 Å². The van der Waals surface area contributed by atoms with Gasteiger partial charge in [0.2, 0.25) is 0 Å². The molecule has 0 N–H and O–H groups in total. The molecule has 2 heterocycles. The van der Waals surface area contributed by atoms with Crippen molar-refractivity contribution in [3.05, 3.63) is 76.1 Å². The molecule has 1 aromatic heterocycles. The molecule has 0 radical (unpaired) electrons. The first kappa shape index (κ1) is 25.3. The van der Waals surface area contributed by atoms with Crippen LogP contribution in [0.2, 0.25) is 0 Å². The molecule has 0 spiro atoms. The second kappa shape index (κ2) is 10.5. The quantitative estimate of drug-likeness (QED) is 0.390. The molecular formula is C24H23F3N2O4S2. The third kappa shape index (κ3) is 6.09. The number of hydrogen-bond acceptors (Lipinski definition) is 6. The Hall–Kier alpha value is -2.76. The number of carbonyl (C=O) groups excluding carboxylic acids is 1. The lowest BCUT2D eigenvalue weighted by Gasteiger charge is -2.22. The maximum Gasteiger partial charge on any atom is 0.416 e. The number of hydrogen-bond donors (Lipinski definition) is 0. The van der Waals surface area contributed by atoms with Crippen LogP contribution in [0.5, 0.6) is 5.75 Å².